The predicted molar refractivity (Wildman–Crippen MR) is 123 cm³/mol. The fourth-order valence-electron chi connectivity index (χ4n) is 3.77. The molecule has 0 aromatic heterocycles. The van der Waals surface area contributed by atoms with Crippen molar-refractivity contribution in [1.82, 2.24) is 0 Å². The third-order valence-corrected chi connectivity index (χ3v) is 6.03. The second-order valence-electron chi connectivity index (χ2n) is 7.39. The van der Waals surface area contributed by atoms with Gasteiger partial charge in [0.05, 0.1) is 6.26 Å². The van der Waals surface area contributed by atoms with Crippen LogP contribution in [0.1, 0.15) is 24.2 Å². The number of nitrogens with one attached hydrogen (secondary N) is 1. The lowest BCUT2D eigenvalue weighted by atomic mass is 9.88. The molecule has 1 unspecified atom stereocenters. The van der Waals surface area contributed by atoms with Crippen molar-refractivity contribution in [3.05, 3.63) is 76.8 Å². The zero-order valence-corrected chi connectivity index (χ0v) is 18.6. The van der Waals surface area contributed by atoms with E-state index in [1.807, 2.05) is 55.6 Å². The van der Waals surface area contributed by atoms with Gasteiger partial charge in [-0.3, -0.25) is 4.72 Å². The highest BCUT2D eigenvalue weighted by Gasteiger charge is 2.30. The van der Waals surface area contributed by atoms with Crippen molar-refractivity contribution >= 4 is 33.0 Å². The van der Waals surface area contributed by atoms with Crippen molar-refractivity contribution in [1.29, 1.82) is 0 Å². The van der Waals surface area contributed by atoms with E-state index in [4.69, 9.17) is 16.3 Å². The maximum Gasteiger partial charge on any atom is 0.229 e. The number of fused-ring (bicyclic) bond motifs is 3. The van der Waals surface area contributed by atoms with Crippen molar-refractivity contribution in [2.45, 2.75) is 13.0 Å². The van der Waals surface area contributed by atoms with Gasteiger partial charge in [0, 0.05) is 41.1 Å². The van der Waals surface area contributed by atoms with Gasteiger partial charge in [-0.25, -0.2) is 8.42 Å². The molecular weight excluding hydrogens is 420 g/mol. The molecule has 1 atom stereocenters. The third kappa shape index (κ3) is 3.98. The van der Waals surface area contributed by atoms with Crippen LogP contribution in [0.25, 0.3) is 11.1 Å². The number of hydrogen-bond acceptors (Lipinski definition) is 4. The molecule has 1 heterocycles. The Hall–Kier alpha value is -2.70. The maximum atomic E-state index is 11.8. The highest BCUT2D eigenvalue weighted by atomic mass is 35.5. The standard InChI is InChI=1S/C23H23ClN2O3S/c1-4-26(2)20-9-6-10-21-22(20)18-12-11-17(25-30(3,27)28)14-19(18)23(29-21)15-7-5-8-16(24)13-15/h5-14,23,25H,4H2,1-3H3. The van der Waals surface area contributed by atoms with E-state index in [0.717, 1.165) is 46.5 Å². The monoisotopic (exact) mass is 442 g/mol. The Morgan fingerprint density at radius 3 is 2.57 bits per heavy atom. The Morgan fingerprint density at radius 1 is 1.10 bits per heavy atom. The fraction of sp³-hybridized carbons (Fsp3) is 0.217. The molecule has 3 aromatic rings. The molecule has 1 aliphatic heterocycles. The molecule has 0 aliphatic carbocycles. The number of halogens is 1. The fourth-order valence-corrected chi connectivity index (χ4v) is 4.52. The number of nitrogens with zero attached hydrogens (tertiary/aromatic N) is 1. The summed E-state index contributed by atoms with van der Waals surface area (Å²) in [4.78, 5) is 2.16. The minimum atomic E-state index is -3.40. The first-order valence-electron chi connectivity index (χ1n) is 9.65. The highest BCUT2D eigenvalue weighted by molar-refractivity contribution is 7.92. The molecule has 0 radical (unpaired) electrons. The van der Waals surface area contributed by atoms with Crippen molar-refractivity contribution < 1.29 is 13.2 Å². The van der Waals surface area contributed by atoms with Crippen LogP contribution < -0.4 is 14.4 Å². The SMILES string of the molecule is CCN(C)c1cccc2c1-c1ccc(NS(C)(=O)=O)cc1C(c1cccc(Cl)c1)O2. The maximum absolute atomic E-state index is 11.8. The number of anilines is 2. The summed E-state index contributed by atoms with van der Waals surface area (Å²) in [5.41, 5.74) is 5.36. The summed E-state index contributed by atoms with van der Waals surface area (Å²) in [6.07, 6.45) is 0.732. The Kier molecular flexibility index (Phi) is 5.38. The van der Waals surface area contributed by atoms with Gasteiger partial charge in [0.15, 0.2) is 0 Å². The number of sulfonamides is 1. The molecule has 5 nitrogen and oxygen atoms in total. The van der Waals surface area contributed by atoms with Crippen LogP contribution >= 0.6 is 11.6 Å². The minimum absolute atomic E-state index is 0.408. The molecule has 0 bridgehead atoms. The molecule has 0 spiro atoms. The Bertz CT molecular complexity index is 1210. The van der Waals surface area contributed by atoms with Gasteiger partial charge in [-0.1, -0.05) is 35.9 Å². The lowest BCUT2D eigenvalue weighted by molar-refractivity contribution is 0.244. The van der Waals surface area contributed by atoms with E-state index in [-0.39, 0.29) is 0 Å². The van der Waals surface area contributed by atoms with Crippen LogP contribution in [-0.2, 0) is 10.0 Å². The average molecular weight is 443 g/mol. The van der Waals surface area contributed by atoms with Gasteiger partial charge in [0.25, 0.3) is 0 Å². The molecule has 0 amide bonds. The molecule has 3 aromatic carbocycles. The largest absolute Gasteiger partial charge is 0.480 e. The smallest absolute Gasteiger partial charge is 0.229 e. The lowest BCUT2D eigenvalue weighted by Gasteiger charge is -2.33. The molecule has 0 saturated heterocycles. The van der Waals surface area contributed by atoms with Crippen LogP contribution in [0.2, 0.25) is 5.02 Å². The first-order chi connectivity index (χ1) is 14.3. The molecule has 1 aliphatic rings. The van der Waals surface area contributed by atoms with Gasteiger partial charge in [0.2, 0.25) is 10.0 Å². The molecule has 4 rings (SSSR count). The van der Waals surface area contributed by atoms with Gasteiger partial charge in [0.1, 0.15) is 11.9 Å². The van der Waals surface area contributed by atoms with E-state index in [1.165, 1.54) is 0 Å². The summed E-state index contributed by atoms with van der Waals surface area (Å²) < 4.78 is 32.6. The first-order valence-corrected chi connectivity index (χ1v) is 11.9. The molecule has 30 heavy (non-hydrogen) atoms. The van der Waals surface area contributed by atoms with E-state index in [0.29, 0.717) is 10.7 Å². The van der Waals surface area contributed by atoms with Crippen LogP contribution in [0, 0.1) is 0 Å². The van der Waals surface area contributed by atoms with Crippen LogP contribution in [0.4, 0.5) is 11.4 Å². The van der Waals surface area contributed by atoms with E-state index in [2.05, 4.69) is 22.6 Å². The average Bonchev–Trinajstić information content (AvgIpc) is 2.70. The van der Waals surface area contributed by atoms with E-state index in [1.54, 1.807) is 6.07 Å². The first kappa shape index (κ1) is 20.6. The Balaban J connectivity index is 1.94. The van der Waals surface area contributed by atoms with Crippen LogP contribution in [0.3, 0.4) is 0 Å². The Morgan fingerprint density at radius 2 is 1.87 bits per heavy atom. The number of rotatable bonds is 5. The van der Waals surface area contributed by atoms with Crippen molar-refractivity contribution in [3.63, 3.8) is 0 Å². The van der Waals surface area contributed by atoms with Crippen molar-refractivity contribution in [3.8, 4) is 16.9 Å². The van der Waals surface area contributed by atoms with Gasteiger partial charge >= 0.3 is 0 Å². The topological polar surface area (TPSA) is 58.6 Å². The summed E-state index contributed by atoms with van der Waals surface area (Å²) in [6.45, 7) is 2.94. The number of benzene rings is 3. The van der Waals surface area contributed by atoms with Crippen LogP contribution in [0.5, 0.6) is 5.75 Å². The van der Waals surface area contributed by atoms with E-state index >= 15 is 0 Å². The molecule has 7 heteroatoms. The van der Waals surface area contributed by atoms with Crippen molar-refractivity contribution in [2.24, 2.45) is 0 Å². The molecule has 1 N–H and O–H groups in total. The quantitative estimate of drug-likeness (QED) is 0.581. The third-order valence-electron chi connectivity index (χ3n) is 5.19. The van der Waals surface area contributed by atoms with Crippen LogP contribution in [-0.4, -0.2) is 28.3 Å². The molecule has 0 fully saturated rings. The van der Waals surface area contributed by atoms with E-state index < -0.39 is 16.1 Å². The Labute approximate surface area is 182 Å². The van der Waals surface area contributed by atoms with Gasteiger partial charge in [-0.05, 0) is 54.4 Å². The molecular formula is C23H23ClN2O3S. The highest BCUT2D eigenvalue weighted by Crippen LogP contribution is 2.49. The van der Waals surface area contributed by atoms with E-state index in [9.17, 15) is 8.42 Å². The second kappa shape index (κ2) is 7.85. The summed E-state index contributed by atoms with van der Waals surface area (Å²) in [5.74, 6) is 0.786. The molecule has 156 valence electrons. The number of hydrogen-bond donors (Lipinski definition) is 1. The lowest BCUT2D eigenvalue weighted by Crippen LogP contribution is -2.21. The summed E-state index contributed by atoms with van der Waals surface area (Å²) in [5, 5.41) is 0.619. The number of ether oxygens (including phenoxy) is 1. The van der Waals surface area contributed by atoms with Crippen molar-refractivity contribution in [2.75, 3.05) is 29.5 Å². The summed E-state index contributed by atoms with van der Waals surface area (Å²) in [7, 11) is -1.36. The second-order valence-corrected chi connectivity index (χ2v) is 9.58. The van der Waals surface area contributed by atoms with Gasteiger partial charge in [-0.2, -0.15) is 0 Å². The van der Waals surface area contributed by atoms with Gasteiger partial charge in [-0.15, -0.1) is 0 Å². The van der Waals surface area contributed by atoms with Gasteiger partial charge < -0.3 is 9.64 Å². The van der Waals surface area contributed by atoms with Crippen LogP contribution in [0.15, 0.2) is 60.7 Å². The predicted octanol–water partition coefficient (Wildman–Crippen LogP) is 5.32. The summed E-state index contributed by atoms with van der Waals surface area (Å²) in [6, 6.07) is 19.1. The minimum Gasteiger partial charge on any atom is -0.480 e. The zero-order chi connectivity index (χ0) is 21.5. The summed E-state index contributed by atoms with van der Waals surface area (Å²) >= 11 is 6.24. The molecule has 0 saturated carbocycles. The normalized spacial score (nSPS) is 15.0. The zero-order valence-electron chi connectivity index (χ0n) is 17.0.